The molecule has 2 saturated heterocycles. The zero-order valence-corrected chi connectivity index (χ0v) is 33.2. The second-order valence-electron chi connectivity index (χ2n) is 15.6. The van der Waals surface area contributed by atoms with E-state index in [1.54, 1.807) is 0 Å². The summed E-state index contributed by atoms with van der Waals surface area (Å²) in [5, 5.41) is 10.5. The Hall–Kier alpha value is -4.16. The van der Waals surface area contributed by atoms with Crippen LogP contribution in [0, 0.1) is 0 Å². The summed E-state index contributed by atoms with van der Waals surface area (Å²) in [6.45, 7) is 16.8. The first-order chi connectivity index (χ1) is 26.3. The lowest BCUT2D eigenvalue weighted by molar-refractivity contribution is 0.0626. The third-order valence-electron chi connectivity index (χ3n) is 9.63. The van der Waals surface area contributed by atoms with Crippen LogP contribution in [0.1, 0.15) is 63.8 Å². The largest absolute Gasteiger partial charge is 0.491 e. The average molecular weight is 757 g/mol. The molecular formula is C45H60N2O8. The second kappa shape index (κ2) is 19.6. The molecule has 4 aromatic rings. The molecule has 0 aliphatic carbocycles. The number of hydrogen-bond acceptors (Lipinski definition) is 10. The van der Waals surface area contributed by atoms with Gasteiger partial charge in [0.05, 0.1) is 26.4 Å². The lowest BCUT2D eigenvalue weighted by atomic mass is 9.78. The molecule has 4 atom stereocenters. The molecule has 0 bridgehead atoms. The monoisotopic (exact) mass is 756 g/mol. The maximum atomic E-state index is 10.5. The Kier molecular flexibility index (Phi) is 15.0. The van der Waals surface area contributed by atoms with Gasteiger partial charge >= 0.3 is 0 Å². The molecule has 2 aliphatic rings. The number of ether oxygens (including phenoxy) is 7. The lowest BCUT2D eigenvalue weighted by Crippen LogP contribution is -2.27. The van der Waals surface area contributed by atoms with Gasteiger partial charge in [0.2, 0.25) is 0 Å². The summed E-state index contributed by atoms with van der Waals surface area (Å²) < 4.78 is 38.8. The first-order valence-corrected chi connectivity index (χ1v) is 19.2. The molecule has 2 heterocycles. The van der Waals surface area contributed by atoms with Gasteiger partial charge in [0.25, 0.3) is 0 Å². The highest BCUT2D eigenvalue weighted by molar-refractivity contribution is 5.43. The summed E-state index contributed by atoms with van der Waals surface area (Å²) in [5.74, 6) is 3.11. The Labute approximate surface area is 327 Å². The molecule has 2 fully saturated rings. The minimum absolute atomic E-state index is 0.115. The van der Waals surface area contributed by atoms with E-state index in [0.29, 0.717) is 37.9 Å². The summed E-state index contributed by atoms with van der Waals surface area (Å²) in [4.78, 5) is 0. The van der Waals surface area contributed by atoms with Gasteiger partial charge in [-0.05, 0) is 84.6 Å². The Morgan fingerprint density at radius 2 is 0.800 bits per heavy atom. The van der Waals surface area contributed by atoms with Crippen LogP contribution in [0.4, 0.5) is 0 Å². The molecule has 5 N–H and O–H groups in total. The molecule has 298 valence electrons. The van der Waals surface area contributed by atoms with Gasteiger partial charge in [-0.25, -0.2) is 0 Å². The summed E-state index contributed by atoms with van der Waals surface area (Å²) in [6, 6.07) is 32.8. The van der Waals surface area contributed by atoms with Crippen LogP contribution in [0.3, 0.4) is 0 Å². The van der Waals surface area contributed by atoms with E-state index in [2.05, 4.69) is 76.2 Å². The first-order valence-electron chi connectivity index (χ1n) is 19.2. The number of aliphatic hydroxyl groups is 1. The summed E-state index contributed by atoms with van der Waals surface area (Å²) >= 11 is 0. The van der Waals surface area contributed by atoms with Gasteiger partial charge in [-0.2, -0.15) is 0 Å². The SMILES string of the molecule is CC(C)(c1ccc(OCC(O)COc2ccc(C(C)(C)c3ccc(OCC4CO4)cc3)cc2)cc1)c1ccc(OCC2CO2)cc1.CC(N)COCC(C)N. The van der Waals surface area contributed by atoms with Crippen LogP contribution in [0.15, 0.2) is 97.1 Å². The molecule has 4 aromatic carbocycles. The Morgan fingerprint density at radius 1 is 0.527 bits per heavy atom. The average Bonchev–Trinajstić information content (AvgIpc) is 4.12. The first kappa shape index (κ1) is 42.0. The molecule has 4 unspecified atom stereocenters. The smallest absolute Gasteiger partial charge is 0.122 e. The highest BCUT2D eigenvalue weighted by Gasteiger charge is 2.26. The van der Waals surface area contributed by atoms with Gasteiger partial charge in [0, 0.05) is 22.9 Å². The van der Waals surface area contributed by atoms with E-state index in [0.717, 1.165) is 24.7 Å². The number of hydrogen-bond donors (Lipinski definition) is 3. The van der Waals surface area contributed by atoms with Gasteiger partial charge in [0.15, 0.2) is 0 Å². The topological polar surface area (TPSA) is 143 Å². The van der Waals surface area contributed by atoms with Crippen molar-refractivity contribution in [2.45, 2.75) is 82.8 Å². The van der Waals surface area contributed by atoms with Crippen molar-refractivity contribution >= 4 is 0 Å². The van der Waals surface area contributed by atoms with Crippen molar-refractivity contribution in [3.8, 4) is 23.0 Å². The van der Waals surface area contributed by atoms with Crippen LogP contribution in [0.2, 0.25) is 0 Å². The number of benzene rings is 4. The van der Waals surface area contributed by atoms with E-state index in [1.165, 1.54) is 22.3 Å². The highest BCUT2D eigenvalue weighted by atomic mass is 16.6. The standard InChI is InChI=1S/C39H44O7.C6H16N2O/c1-38(2,29-9-17-34(18-10-29)43-23-36-25-45-36)27-5-13-32(14-6-27)41-21-31(40)22-42-33-15-7-28(8-16-33)39(3,4)30-11-19-35(20-12-30)44-24-37-26-46-37;1-5(7)3-9-4-6(2)8/h5-20,31,36-37,40H,21-26H2,1-4H3;5-6H,3-4,7-8H2,1-2H3. The minimum atomic E-state index is -0.772. The summed E-state index contributed by atoms with van der Waals surface area (Å²) in [7, 11) is 0. The van der Waals surface area contributed by atoms with Crippen LogP contribution in [-0.2, 0) is 25.0 Å². The Balaban J connectivity index is 0.000000574. The number of nitrogens with two attached hydrogens (primary N) is 2. The molecule has 0 saturated carbocycles. The molecule has 0 spiro atoms. The number of rotatable bonds is 20. The zero-order chi connectivity index (χ0) is 39.4. The van der Waals surface area contributed by atoms with E-state index in [1.807, 2.05) is 62.4 Å². The van der Waals surface area contributed by atoms with Crippen molar-refractivity contribution in [1.82, 2.24) is 0 Å². The number of aliphatic hydroxyl groups excluding tert-OH is 1. The molecule has 0 aromatic heterocycles. The van der Waals surface area contributed by atoms with Gasteiger partial charge in [-0.3, -0.25) is 0 Å². The van der Waals surface area contributed by atoms with Gasteiger partial charge in [-0.1, -0.05) is 76.2 Å². The van der Waals surface area contributed by atoms with Crippen molar-refractivity contribution in [3.63, 3.8) is 0 Å². The minimum Gasteiger partial charge on any atom is -0.491 e. The fraction of sp³-hybridized carbons (Fsp3) is 0.467. The van der Waals surface area contributed by atoms with Crippen molar-refractivity contribution in [1.29, 1.82) is 0 Å². The van der Waals surface area contributed by atoms with Crippen LogP contribution >= 0.6 is 0 Å². The Morgan fingerprint density at radius 3 is 1.05 bits per heavy atom. The molecule has 55 heavy (non-hydrogen) atoms. The van der Waals surface area contributed by atoms with Crippen molar-refractivity contribution in [3.05, 3.63) is 119 Å². The molecule has 0 radical (unpaired) electrons. The molecule has 6 rings (SSSR count). The van der Waals surface area contributed by atoms with Crippen LogP contribution in [0.25, 0.3) is 0 Å². The maximum absolute atomic E-state index is 10.5. The van der Waals surface area contributed by atoms with Crippen LogP contribution < -0.4 is 30.4 Å². The third-order valence-corrected chi connectivity index (χ3v) is 9.63. The number of epoxide rings is 2. The molecule has 10 heteroatoms. The normalized spacial score (nSPS) is 17.9. The molecule has 10 nitrogen and oxygen atoms in total. The fourth-order valence-corrected chi connectivity index (χ4v) is 5.78. The van der Waals surface area contributed by atoms with E-state index in [9.17, 15) is 5.11 Å². The van der Waals surface area contributed by atoms with Crippen LogP contribution in [-0.4, -0.2) is 88.4 Å². The van der Waals surface area contributed by atoms with Crippen molar-refractivity contribution in [2.24, 2.45) is 11.5 Å². The summed E-state index contributed by atoms with van der Waals surface area (Å²) in [6.07, 6.45) is -0.289. The lowest BCUT2D eigenvalue weighted by Gasteiger charge is -2.26. The van der Waals surface area contributed by atoms with E-state index >= 15 is 0 Å². The highest BCUT2D eigenvalue weighted by Crippen LogP contribution is 2.35. The van der Waals surface area contributed by atoms with Crippen molar-refractivity contribution in [2.75, 3.05) is 52.9 Å². The predicted octanol–water partition coefficient (Wildman–Crippen LogP) is 6.41. The molecule has 2 aliphatic heterocycles. The summed E-state index contributed by atoms with van der Waals surface area (Å²) in [5.41, 5.74) is 15.2. The second-order valence-corrected chi connectivity index (χ2v) is 15.6. The maximum Gasteiger partial charge on any atom is 0.122 e. The zero-order valence-electron chi connectivity index (χ0n) is 33.2. The fourth-order valence-electron chi connectivity index (χ4n) is 5.78. The predicted molar refractivity (Wildman–Crippen MR) is 216 cm³/mol. The van der Waals surface area contributed by atoms with Gasteiger partial charge < -0.3 is 49.7 Å². The quantitative estimate of drug-likeness (QED) is 0.0866. The van der Waals surface area contributed by atoms with E-state index in [4.69, 9.17) is 44.6 Å². The van der Waals surface area contributed by atoms with Gasteiger partial charge in [0.1, 0.15) is 67.7 Å². The third kappa shape index (κ3) is 13.5. The van der Waals surface area contributed by atoms with Gasteiger partial charge in [-0.15, -0.1) is 0 Å². The van der Waals surface area contributed by atoms with E-state index < -0.39 is 6.10 Å². The van der Waals surface area contributed by atoms with Crippen molar-refractivity contribution < 1.29 is 38.3 Å². The molecule has 0 amide bonds. The van der Waals surface area contributed by atoms with E-state index in [-0.39, 0.29) is 48.3 Å². The molecular weight excluding hydrogens is 697 g/mol. The van der Waals surface area contributed by atoms with Crippen LogP contribution in [0.5, 0.6) is 23.0 Å². The Bertz CT molecular complexity index is 1570.